The summed E-state index contributed by atoms with van der Waals surface area (Å²) in [5, 5.41) is 9.73. The van der Waals surface area contributed by atoms with Gasteiger partial charge in [0.05, 0.1) is 11.8 Å². The van der Waals surface area contributed by atoms with Crippen LogP contribution < -0.4 is 4.90 Å². The zero-order valence-corrected chi connectivity index (χ0v) is 10.1. The number of nitrogens with zero attached hydrogens (tertiary/aromatic N) is 1. The van der Waals surface area contributed by atoms with Crippen LogP contribution in [0.2, 0.25) is 0 Å². The topological polar surface area (TPSA) is 23.5 Å². The van der Waals surface area contributed by atoms with E-state index in [0.29, 0.717) is 23.8 Å². The van der Waals surface area contributed by atoms with Crippen LogP contribution in [0.1, 0.15) is 31.4 Å². The Morgan fingerprint density at radius 3 is 2.82 bits per heavy atom. The number of para-hydroxylation sites is 1. The van der Waals surface area contributed by atoms with Crippen molar-refractivity contribution in [2.45, 2.75) is 31.9 Å². The van der Waals surface area contributed by atoms with E-state index in [2.05, 4.69) is 6.58 Å². The number of benzene rings is 1. The minimum absolute atomic E-state index is 0.267. The number of anilines is 1. The molecule has 1 aromatic carbocycles. The van der Waals surface area contributed by atoms with E-state index in [0.717, 1.165) is 12.8 Å². The first-order valence-electron chi connectivity index (χ1n) is 5.99. The molecule has 0 heterocycles. The number of hydrogen-bond donors (Lipinski definition) is 1. The first-order chi connectivity index (χ1) is 8.15. The number of hydrogen-bond acceptors (Lipinski definition) is 2. The standard InChI is InChI=1S/C14H18FNO/c1-3-9-16(11-7-8-11)14-12(10(2)17)5-4-6-13(14)15/h3-6,10-11,17H,1,7-9H2,2H3/t10-/m0/s1. The summed E-state index contributed by atoms with van der Waals surface area (Å²) < 4.78 is 14.0. The Bertz CT molecular complexity index is 413. The Morgan fingerprint density at radius 2 is 2.29 bits per heavy atom. The van der Waals surface area contributed by atoms with Crippen molar-refractivity contribution in [1.29, 1.82) is 0 Å². The van der Waals surface area contributed by atoms with Crippen LogP contribution in [0.4, 0.5) is 10.1 Å². The molecule has 1 atom stereocenters. The molecule has 0 amide bonds. The average molecular weight is 235 g/mol. The molecule has 92 valence electrons. The van der Waals surface area contributed by atoms with Crippen LogP contribution >= 0.6 is 0 Å². The fourth-order valence-electron chi connectivity index (χ4n) is 2.12. The molecule has 0 bridgehead atoms. The zero-order valence-electron chi connectivity index (χ0n) is 10.1. The summed E-state index contributed by atoms with van der Waals surface area (Å²) >= 11 is 0. The second-order valence-corrected chi connectivity index (χ2v) is 4.53. The highest BCUT2D eigenvalue weighted by Gasteiger charge is 2.31. The van der Waals surface area contributed by atoms with E-state index in [1.165, 1.54) is 6.07 Å². The van der Waals surface area contributed by atoms with E-state index in [4.69, 9.17) is 0 Å². The van der Waals surface area contributed by atoms with Crippen molar-refractivity contribution < 1.29 is 9.50 Å². The molecule has 1 aromatic rings. The van der Waals surface area contributed by atoms with Crippen molar-refractivity contribution in [1.82, 2.24) is 0 Å². The molecule has 0 radical (unpaired) electrons. The van der Waals surface area contributed by atoms with Crippen molar-refractivity contribution in [3.8, 4) is 0 Å². The Labute approximate surface area is 101 Å². The smallest absolute Gasteiger partial charge is 0.146 e. The maximum atomic E-state index is 14.0. The Hall–Kier alpha value is -1.35. The molecule has 1 aliphatic rings. The Balaban J connectivity index is 2.42. The van der Waals surface area contributed by atoms with Gasteiger partial charge >= 0.3 is 0 Å². The third-order valence-corrected chi connectivity index (χ3v) is 3.07. The Morgan fingerprint density at radius 1 is 1.59 bits per heavy atom. The summed E-state index contributed by atoms with van der Waals surface area (Å²) in [6.07, 6.45) is 3.28. The maximum Gasteiger partial charge on any atom is 0.146 e. The molecule has 1 N–H and O–H groups in total. The quantitative estimate of drug-likeness (QED) is 0.793. The van der Waals surface area contributed by atoms with Gasteiger partial charge in [-0.3, -0.25) is 0 Å². The molecule has 1 aliphatic carbocycles. The van der Waals surface area contributed by atoms with Crippen LogP contribution in [-0.2, 0) is 0 Å². The second-order valence-electron chi connectivity index (χ2n) is 4.53. The third-order valence-electron chi connectivity index (χ3n) is 3.07. The molecular formula is C14H18FNO. The lowest BCUT2D eigenvalue weighted by molar-refractivity contribution is 0.199. The molecule has 17 heavy (non-hydrogen) atoms. The van der Waals surface area contributed by atoms with E-state index in [1.54, 1.807) is 25.1 Å². The molecule has 0 saturated heterocycles. The lowest BCUT2D eigenvalue weighted by Crippen LogP contribution is -2.28. The van der Waals surface area contributed by atoms with E-state index < -0.39 is 6.10 Å². The largest absolute Gasteiger partial charge is 0.389 e. The van der Waals surface area contributed by atoms with Crippen molar-refractivity contribution in [2.24, 2.45) is 0 Å². The molecule has 0 unspecified atom stereocenters. The summed E-state index contributed by atoms with van der Waals surface area (Å²) in [6.45, 7) is 5.99. The van der Waals surface area contributed by atoms with Crippen molar-refractivity contribution in [3.63, 3.8) is 0 Å². The van der Waals surface area contributed by atoms with Crippen molar-refractivity contribution in [3.05, 3.63) is 42.2 Å². The molecule has 2 nitrogen and oxygen atoms in total. The fourth-order valence-corrected chi connectivity index (χ4v) is 2.12. The van der Waals surface area contributed by atoms with Crippen LogP contribution in [0.25, 0.3) is 0 Å². The Kier molecular flexibility index (Phi) is 3.48. The minimum Gasteiger partial charge on any atom is -0.389 e. The summed E-state index contributed by atoms with van der Waals surface area (Å²) in [5.74, 6) is -0.267. The van der Waals surface area contributed by atoms with E-state index >= 15 is 0 Å². The predicted molar refractivity (Wildman–Crippen MR) is 67.6 cm³/mol. The van der Waals surface area contributed by atoms with Gasteiger partial charge in [0.2, 0.25) is 0 Å². The van der Waals surface area contributed by atoms with Crippen LogP contribution in [0.5, 0.6) is 0 Å². The molecular weight excluding hydrogens is 217 g/mol. The minimum atomic E-state index is -0.660. The second kappa shape index (κ2) is 4.88. The molecule has 2 rings (SSSR count). The van der Waals surface area contributed by atoms with E-state index in [-0.39, 0.29) is 5.82 Å². The van der Waals surface area contributed by atoms with Gasteiger partial charge in [-0.05, 0) is 25.8 Å². The lowest BCUT2D eigenvalue weighted by Gasteiger charge is -2.27. The summed E-state index contributed by atoms with van der Waals surface area (Å²) in [5.41, 5.74) is 1.18. The van der Waals surface area contributed by atoms with Gasteiger partial charge in [0, 0.05) is 18.2 Å². The van der Waals surface area contributed by atoms with Gasteiger partial charge < -0.3 is 10.0 Å². The SMILES string of the molecule is C=CCN(c1c(F)cccc1[C@H](C)O)C1CC1. The third kappa shape index (κ3) is 2.50. The van der Waals surface area contributed by atoms with E-state index in [9.17, 15) is 9.50 Å². The van der Waals surface area contributed by atoms with Crippen LogP contribution in [0.15, 0.2) is 30.9 Å². The van der Waals surface area contributed by atoms with Crippen molar-refractivity contribution >= 4 is 5.69 Å². The molecule has 0 aliphatic heterocycles. The van der Waals surface area contributed by atoms with Gasteiger partial charge in [-0.2, -0.15) is 0 Å². The fraction of sp³-hybridized carbons (Fsp3) is 0.429. The summed E-state index contributed by atoms with van der Waals surface area (Å²) in [4.78, 5) is 2.00. The summed E-state index contributed by atoms with van der Waals surface area (Å²) in [7, 11) is 0. The highest BCUT2D eigenvalue weighted by molar-refractivity contribution is 5.57. The van der Waals surface area contributed by atoms with Crippen LogP contribution in [0.3, 0.4) is 0 Å². The van der Waals surface area contributed by atoms with Gasteiger partial charge in [-0.25, -0.2) is 4.39 Å². The van der Waals surface area contributed by atoms with Gasteiger partial charge in [-0.1, -0.05) is 18.2 Å². The first kappa shape index (κ1) is 12.1. The van der Waals surface area contributed by atoms with Gasteiger partial charge in [0.1, 0.15) is 5.82 Å². The number of rotatable bonds is 5. The van der Waals surface area contributed by atoms with Gasteiger partial charge in [0.15, 0.2) is 0 Å². The molecule has 1 fully saturated rings. The number of aliphatic hydroxyl groups is 1. The summed E-state index contributed by atoms with van der Waals surface area (Å²) in [6, 6.07) is 5.25. The predicted octanol–water partition coefficient (Wildman–Crippen LogP) is 3.03. The highest BCUT2D eigenvalue weighted by atomic mass is 19.1. The average Bonchev–Trinajstić information content (AvgIpc) is 3.10. The lowest BCUT2D eigenvalue weighted by atomic mass is 10.1. The zero-order chi connectivity index (χ0) is 12.4. The highest BCUT2D eigenvalue weighted by Crippen LogP contribution is 2.37. The molecule has 0 spiro atoms. The normalized spacial score (nSPS) is 16.6. The van der Waals surface area contributed by atoms with Gasteiger partial charge in [0.25, 0.3) is 0 Å². The van der Waals surface area contributed by atoms with Crippen LogP contribution in [-0.4, -0.2) is 17.7 Å². The van der Waals surface area contributed by atoms with E-state index in [1.807, 2.05) is 4.90 Å². The molecule has 3 heteroatoms. The van der Waals surface area contributed by atoms with Gasteiger partial charge in [-0.15, -0.1) is 6.58 Å². The van der Waals surface area contributed by atoms with Crippen LogP contribution in [0, 0.1) is 5.82 Å². The maximum absolute atomic E-state index is 14.0. The number of halogens is 1. The monoisotopic (exact) mass is 235 g/mol. The number of aliphatic hydroxyl groups excluding tert-OH is 1. The first-order valence-corrected chi connectivity index (χ1v) is 5.99. The molecule has 1 saturated carbocycles. The van der Waals surface area contributed by atoms with Crippen molar-refractivity contribution in [2.75, 3.05) is 11.4 Å². The molecule has 0 aromatic heterocycles.